The predicted octanol–water partition coefficient (Wildman–Crippen LogP) is 2.06. The zero-order valence-electron chi connectivity index (χ0n) is 8.04. The number of halogens is 1. The van der Waals surface area contributed by atoms with Crippen molar-refractivity contribution in [1.29, 1.82) is 0 Å². The van der Waals surface area contributed by atoms with Crippen molar-refractivity contribution in [3.8, 4) is 0 Å². The Labute approximate surface area is 92.7 Å². The molecule has 1 aromatic rings. The van der Waals surface area contributed by atoms with E-state index in [4.69, 9.17) is 0 Å². The van der Waals surface area contributed by atoms with Crippen LogP contribution in [0.3, 0.4) is 0 Å². The summed E-state index contributed by atoms with van der Waals surface area (Å²) in [5, 5.41) is 0. The maximum atomic E-state index is 11.7. The number of sulfonamides is 1. The Morgan fingerprint density at radius 1 is 1.43 bits per heavy atom. The molecule has 3 nitrogen and oxygen atoms in total. The minimum Gasteiger partial charge on any atom is -0.211 e. The third-order valence-corrected chi connectivity index (χ3v) is 3.95. The number of hydrogen-bond donors (Lipinski definition) is 1. The lowest BCUT2D eigenvalue weighted by Crippen LogP contribution is -2.23. The fourth-order valence-corrected chi connectivity index (χ4v) is 2.95. The van der Waals surface area contributed by atoms with Crippen molar-refractivity contribution in [2.45, 2.75) is 18.7 Å². The highest BCUT2D eigenvalue weighted by Gasteiger charge is 2.15. The summed E-state index contributed by atoms with van der Waals surface area (Å²) < 4.78 is 26.6. The minimum atomic E-state index is -3.34. The molecule has 0 radical (unpaired) electrons. The highest BCUT2D eigenvalue weighted by molar-refractivity contribution is 9.10. The van der Waals surface area contributed by atoms with E-state index < -0.39 is 10.0 Å². The third-order valence-electron chi connectivity index (χ3n) is 1.77. The Morgan fingerprint density at radius 2 is 2.07 bits per heavy atom. The van der Waals surface area contributed by atoms with Crippen LogP contribution in [0.25, 0.3) is 0 Å². The van der Waals surface area contributed by atoms with Gasteiger partial charge in [0.15, 0.2) is 0 Å². The van der Waals surface area contributed by atoms with Gasteiger partial charge in [-0.2, -0.15) is 0 Å². The Balaban J connectivity index is 3.25. The molecule has 5 heteroatoms. The van der Waals surface area contributed by atoms with Crippen molar-refractivity contribution >= 4 is 26.0 Å². The Kier molecular flexibility index (Phi) is 3.69. The number of nitrogens with one attached hydrogen (secondary N) is 1. The second-order valence-electron chi connectivity index (χ2n) is 2.91. The van der Waals surface area contributed by atoms with E-state index in [0.717, 1.165) is 10.0 Å². The molecule has 78 valence electrons. The van der Waals surface area contributed by atoms with Crippen molar-refractivity contribution in [3.05, 3.63) is 28.2 Å². The van der Waals surface area contributed by atoms with Crippen LogP contribution in [-0.2, 0) is 10.0 Å². The normalized spacial score (nSPS) is 11.6. The minimum absolute atomic E-state index is 0.328. The number of hydrogen-bond acceptors (Lipinski definition) is 2. The van der Waals surface area contributed by atoms with E-state index in [1.165, 1.54) is 0 Å². The van der Waals surface area contributed by atoms with Crippen molar-refractivity contribution < 1.29 is 8.42 Å². The van der Waals surface area contributed by atoms with Gasteiger partial charge in [-0.3, -0.25) is 0 Å². The molecule has 0 bridgehead atoms. The van der Waals surface area contributed by atoms with Gasteiger partial charge in [-0.05, 0) is 24.6 Å². The van der Waals surface area contributed by atoms with Gasteiger partial charge in [-0.25, -0.2) is 13.1 Å². The quantitative estimate of drug-likeness (QED) is 0.919. The average Bonchev–Trinajstić information content (AvgIpc) is 2.09. The molecule has 0 saturated carbocycles. The molecule has 1 aromatic carbocycles. The van der Waals surface area contributed by atoms with Crippen LogP contribution in [0.15, 0.2) is 27.6 Å². The van der Waals surface area contributed by atoms with Crippen LogP contribution in [-0.4, -0.2) is 15.0 Å². The molecular formula is C9H12BrNO2S. The molecule has 0 aliphatic carbocycles. The summed E-state index contributed by atoms with van der Waals surface area (Å²) in [5.41, 5.74) is 0.745. The zero-order chi connectivity index (χ0) is 10.8. The van der Waals surface area contributed by atoms with E-state index in [1.807, 2.05) is 6.07 Å². The van der Waals surface area contributed by atoms with E-state index in [9.17, 15) is 8.42 Å². The Bertz CT molecular complexity index is 428. The Morgan fingerprint density at radius 3 is 2.64 bits per heavy atom. The molecule has 0 aromatic heterocycles. The van der Waals surface area contributed by atoms with E-state index in [2.05, 4.69) is 20.7 Å². The predicted molar refractivity (Wildman–Crippen MR) is 59.7 cm³/mol. The summed E-state index contributed by atoms with van der Waals surface area (Å²) >= 11 is 3.25. The summed E-state index contributed by atoms with van der Waals surface area (Å²) in [6.07, 6.45) is 0. The third kappa shape index (κ3) is 2.56. The van der Waals surface area contributed by atoms with E-state index in [1.54, 1.807) is 26.0 Å². The number of benzene rings is 1. The smallest absolute Gasteiger partial charge is 0.211 e. The molecule has 14 heavy (non-hydrogen) atoms. The molecule has 0 amide bonds. The van der Waals surface area contributed by atoms with Crippen LogP contribution in [0, 0.1) is 6.92 Å². The van der Waals surface area contributed by atoms with Gasteiger partial charge in [0.1, 0.15) is 0 Å². The van der Waals surface area contributed by atoms with Gasteiger partial charge in [0.25, 0.3) is 0 Å². The first-order chi connectivity index (χ1) is 6.47. The van der Waals surface area contributed by atoms with Gasteiger partial charge in [-0.1, -0.05) is 28.9 Å². The van der Waals surface area contributed by atoms with Crippen LogP contribution in [0.1, 0.15) is 12.5 Å². The van der Waals surface area contributed by atoms with Crippen LogP contribution in [0.5, 0.6) is 0 Å². The van der Waals surface area contributed by atoms with Crippen molar-refractivity contribution in [2.75, 3.05) is 6.54 Å². The molecule has 0 fully saturated rings. The highest BCUT2D eigenvalue weighted by Crippen LogP contribution is 2.20. The van der Waals surface area contributed by atoms with Gasteiger partial charge >= 0.3 is 0 Å². The van der Waals surface area contributed by atoms with Crippen LogP contribution < -0.4 is 4.72 Å². The van der Waals surface area contributed by atoms with Gasteiger partial charge < -0.3 is 0 Å². The maximum Gasteiger partial charge on any atom is 0.240 e. The van der Waals surface area contributed by atoms with Crippen LogP contribution >= 0.6 is 15.9 Å². The fraction of sp³-hybridized carbons (Fsp3) is 0.333. The molecule has 0 heterocycles. The summed E-state index contributed by atoms with van der Waals surface area (Å²) in [5.74, 6) is 0. The number of aryl methyl sites for hydroxylation is 1. The van der Waals surface area contributed by atoms with Gasteiger partial charge in [0, 0.05) is 11.0 Å². The molecule has 0 saturated heterocycles. The molecule has 0 aliphatic heterocycles. The maximum absolute atomic E-state index is 11.7. The van der Waals surface area contributed by atoms with Crippen molar-refractivity contribution in [3.63, 3.8) is 0 Å². The van der Waals surface area contributed by atoms with E-state index >= 15 is 0 Å². The molecule has 0 unspecified atom stereocenters. The molecule has 0 spiro atoms. The average molecular weight is 278 g/mol. The number of rotatable bonds is 3. The molecule has 1 rings (SSSR count). The van der Waals surface area contributed by atoms with Gasteiger partial charge in [-0.15, -0.1) is 0 Å². The Hall–Kier alpha value is -0.390. The SMILES string of the molecule is CCNS(=O)(=O)c1cc(Br)ccc1C. The zero-order valence-corrected chi connectivity index (χ0v) is 10.4. The van der Waals surface area contributed by atoms with Gasteiger partial charge in [0.2, 0.25) is 10.0 Å². The van der Waals surface area contributed by atoms with E-state index in [0.29, 0.717) is 11.4 Å². The lowest BCUT2D eigenvalue weighted by molar-refractivity contribution is 0.583. The lowest BCUT2D eigenvalue weighted by Gasteiger charge is -2.07. The highest BCUT2D eigenvalue weighted by atomic mass is 79.9. The first-order valence-electron chi connectivity index (χ1n) is 4.23. The van der Waals surface area contributed by atoms with Crippen molar-refractivity contribution in [2.24, 2.45) is 0 Å². The topological polar surface area (TPSA) is 46.2 Å². The summed E-state index contributed by atoms with van der Waals surface area (Å²) in [6, 6.07) is 5.20. The summed E-state index contributed by atoms with van der Waals surface area (Å²) in [6.45, 7) is 3.93. The largest absolute Gasteiger partial charge is 0.240 e. The second-order valence-corrected chi connectivity index (χ2v) is 5.56. The fourth-order valence-electron chi connectivity index (χ4n) is 1.13. The van der Waals surface area contributed by atoms with Crippen molar-refractivity contribution in [1.82, 2.24) is 4.72 Å². The summed E-state index contributed by atoms with van der Waals surface area (Å²) in [4.78, 5) is 0.328. The van der Waals surface area contributed by atoms with E-state index in [-0.39, 0.29) is 0 Å². The lowest BCUT2D eigenvalue weighted by atomic mass is 10.2. The van der Waals surface area contributed by atoms with Gasteiger partial charge in [0.05, 0.1) is 4.90 Å². The van der Waals surface area contributed by atoms with Crippen LogP contribution in [0.2, 0.25) is 0 Å². The molecule has 0 aliphatic rings. The summed E-state index contributed by atoms with van der Waals surface area (Å²) in [7, 11) is -3.34. The monoisotopic (exact) mass is 277 g/mol. The second kappa shape index (κ2) is 4.42. The van der Waals surface area contributed by atoms with Crippen LogP contribution in [0.4, 0.5) is 0 Å². The molecular weight excluding hydrogens is 266 g/mol. The molecule has 1 N–H and O–H groups in total. The first kappa shape index (κ1) is 11.7. The first-order valence-corrected chi connectivity index (χ1v) is 6.51. The standard InChI is InChI=1S/C9H12BrNO2S/c1-3-11-14(12,13)9-6-8(10)5-4-7(9)2/h4-6,11H,3H2,1-2H3. The molecule has 0 atom stereocenters.